The zero-order valence-corrected chi connectivity index (χ0v) is 12.7. The third-order valence-electron chi connectivity index (χ3n) is 2.56. The Morgan fingerprint density at radius 1 is 1.10 bits per heavy atom. The molecule has 0 aliphatic heterocycles. The highest BCUT2D eigenvalue weighted by atomic mass is 16.5. The van der Waals surface area contributed by atoms with Crippen molar-refractivity contribution >= 4 is 17.5 Å². The predicted octanol–water partition coefficient (Wildman–Crippen LogP) is 2.58. The highest BCUT2D eigenvalue weighted by Crippen LogP contribution is 2.30. The predicted molar refractivity (Wildman–Crippen MR) is 81.1 cm³/mol. The van der Waals surface area contributed by atoms with Gasteiger partial charge in [-0.3, -0.25) is 4.79 Å². The molecular formula is C15H22N2O4. The molecule has 21 heavy (non-hydrogen) atoms. The van der Waals surface area contributed by atoms with Crippen molar-refractivity contribution < 1.29 is 19.1 Å². The van der Waals surface area contributed by atoms with E-state index in [1.165, 1.54) is 6.92 Å². The lowest BCUT2D eigenvalue weighted by Crippen LogP contribution is -2.30. The first kappa shape index (κ1) is 16.8. The van der Waals surface area contributed by atoms with Gasteiger partial charge in [0.1, 0.15) is 5.78 Å². The Morgan fingerprint density at radius 2 is 1.76 bits per heavy atom. The van der Waals surface area contributed by atoms with Crippen molar-refractivity contribution in [1.29, 1.82) is 0 Å². The van der Waals surface area contributed by atoms with Gasteiger partial charge in [0.15, 0.2) is 11.5 Å². The number of urea groups is 1. The van der Waals surface area contributed by atoms with Gasteiger partial charge in [0.05, 0.1) is 13.2 Å². The number of ether oxygens (including phenoxy) is 2. The minimum Gasteiger partial charge on any atom is -0.490 e. The second-order valence-electron chi connectivity index (χ2n) is 4.36. The first-order valence-electron chi connectivity index (χ1n) is 7.00. The lowest BCUT2D eigenvalue weighted by molar-refractivity contribution is -0.116. The molecule has 0 spiro atoms. The first-order valence-corrected chi connectivity index (χ1v) is 7.00. The van der Waals surface area contributed by atoms with Gasteiger partial charge in [0, 0.05) is 24.7 Å². The maximum Gasteiger partial charge on any atom is 0.319 e. The van der Waals surface area contributed by atoms with Gasteiger partial charge in [-0.25, -0.2) is 4.79 Å². The molecule has 2 amide bonds. The van der Waals surface area contributed by atoms with Crippen molar-refractivity contribution in [2.24, 2.45) is 0 Å². The molecule has 6 heteroatoms. The Hall–Kier alpha value is -2.24. The number of Topliss-reactive ketones (excluding diaryl/α,β-unsaturated/α-hetero) is 1. The molecule has 0 bridgehead atoms. The van der Waals surface area contributed by atoms with E-state index in [9.17, 15) is 9.59 Å². The molecule has 0 radical (unpaired) electrons. The van der Waals surface area contributed by atoms with Crippen LogP contribution in [0.2, 0.25) is 0 Å². The summed E-state index contributed by atoms with van der Waals surface area (Å²) < 4.78 is 10.9. The number of nitrogens with one attached hydrogen (secondary N) is 2. The topological polar surface area (TPSA) is 76.7 Å². The highest BCUT2D eigenvalue weighted by Gasteiger charge is 2.08. The molecule has 116 valence electrons. The van der Waals surface area contributed by atoms with Crippen LogP contribution in [0, 0.1) is 0 Å². The number of carbonyl (C=O) groups excluding carboxylic acids is 2. The van der Waals surface area contributed by atoms with Crippen molar-refractivity contribution in [3.05, 3.63) is 18.2 Å². The van der Waals surface area contributed by atoms with E-state index >= 15 is 0 Å². The zero-order chi connectivity index (χ0) is 15.7. The molecule has 0 saturated heterocycles. The van der Waals surface area contributed by atoms with Gasteiger partial charge in [-0.05, 0) is 32.9 Å². The van der Waals surface area contributed by atoms with Gasteiger partial charge in [-0.2, -0.15) is 0 Å². The van der Waals surface area contributed by atoms with Crippen LogP contribution in [-0.2, 0) is 4.79 Å². The Kier molecular flexibility index (Phi) is 7.08. The van der Waals surface area contributed by atoms with Crippen molar-refractivity contribution in [1.82, 2.24) is 5.32 Å². The summed E-state index contributed by atoms with van der Waals surface area (Å²) in [5.74, 6) is 1.26. The van der Waals surface area contributed by atoms with Gasteiger partial charge in [-0.15, -0.1) is 0 Å². The second-order valence-corrected chi connectivity index (χ2v) is 4.36. The van der Waals surface area contributed by atoms with Gasteiger partial charge in [-0.1, -0.05) is 0 Å². The molecule has 0 aliphatic carbocycles. The standard InChI is InChI=1S/C15H22N2O4/c1-4-20-13-7-6-12(10-14(13)21-5-2)17-15(19)16-9-8-11(3)18/h6-7,10H,4-5,8-9H2,1-3H3,(H2,16,17,19). The van der Waals surface area contributed by atoms with E-state index in [4.69, 9.17) is 9.47 Å². The number of ketones is 1. The monoisotopic (exact) mass is 294 g/mol. The molecule has 0 unspecified atom stereocenters. The second kappa shape index (κ2) is 8.84. The van der Waals surface area contributed by atoms with Crippen LogP contribution in [0.25, 0.3) is 0 Å². The number of rotatable bonds is 8. The van der Waals surface area contributed by atoms with Gasteiger partial charge in [0.2, 0.25) is 0 Å². The normalized spacial score (nSPS) is 9.86. The average Bonchev–Trinajstić information content (AvgIpc) is 2.41. The number of benzene rings is 1. The van der Waals surface area contributed by atoms with E-state index < -0.39 is 0 Å². The third-order valence-corrected chi connectivity index (χ3v) is 2.56. The molecule has 0 saturated carbocycles. The van der Waals surface area contributed by atoms with E-state index in [1.54, 1.807) is 18.2 Å². The average molecular weight is 294 g/mol. The molecule has 0 fully saturated rings. The lowest BCUT2D eigenvalue weighted by atomic mass is 10.2. The van der Waals surface area contributed by atoms with Crippen molar-refractivity contribution in [3.63, 3.8) is 0 Å². The Balaban J connectivity index is 2.64. The number of anilines is 1. The Morgan fingerprint density at radius 3 is 2.38 bits per heavy atom. The Labute approximate surface area is 124 Å². The number of hydrogen-bond acceptors (Lipinski definition) is 4. The summed E-state index contributed by atoms with van der Waals surface area (Å²) >= 11 is 0. The van der Waals surface area contributed by atoms with E-state index in [2.05, 4.69) is 10.6 Å². The molecular weight excluding hydrogens is 272 g/mol. The molecule has 0 aliphatic rings. The molecule has 2 N–H and O–H groups in total. The molecule has 0 atom stereocenters. The molecule has 1 rings (SSSR count). The highest BCUT2D eigenvalue weighted by molar-refractivity contribution is 5.90. The van der Waals surface area contributed by atoms with Crippen LogP contribution in [0.5, 0.6) is 11.5 Å². The Bertz CT molecular complexity index is 489. The number of carbonyl (C=O) groups is 2. The van der Waals surface area contributed by atoms with Gasteiger partial charge < -0.3 is 20.1 Å². The van der Waals surface area contributed by atoms with E-state index in [-0.39, 0.29) is 11.8 Å². The quantitative estimate of drug-likeness (QED) is 0.772. The van der Waals surface area contributed by atoms with Crippen LogP contribution in [0.4, 0.5) is 10.5 Å². The number of hydrogen-bond donors (Lipinski definition) is 2. The van der Waals surface area contributed by atoms with Gasteiger partial charge >= 0.3 is 6.03 Å². The molecule has 0 aromatic heterocycles. The van der Waals surface area contributed by atoms with Crippen LogP contribution in [0.3, 0.4) is 0 Å². The summed E-state index contributed by atoms with van der Waals surface area (Å²) in [5.41, 5.74) is 0.599. The molecule has 6 nitrogen and oxygen atoms in total. The van der Waals surface area contributed by atoms with Crippen molar-refractivity contribution in [2.75, 3.05) is 25.1 Å². The molecule has 1 aromatic rings. The minimum atomic E-state index is -0.358. The fraction of sp³-hybridized carbons (Fsp3) is 0.467. The maximum absolute atomic E-state index is 11.7. The van der Waals surface area contributed by atoms with Crippen LogP contribution >= 0.6 is 0 Å². The molecule has 1 aromatic carbocycles. The maximum atomic E-state index is 11.7. The summed E-state index contributed by atoms with van der Waals surface area (Å²) in [6.07, 6.45) is 0.320. The SMILES string of the molecule is CCOc1ccc(NC(=O)NCCC(C)=O)cc1OCC. The van der Waals surface area contributed by atoms with Crippen LogP contribution in [0.1, 0.15) is 27.2 Å². The van der Waals surface area contributed by atoms with Crippen LogP contribution in [-0.4, -0.2) is 31.6 Å². The summed E-state index contributed by atoms with van der Waals surface area (Å²) in [6.45, 7) is 6.62. The fourth-order valence-corrected chi connectivity index (χ4v) is 1.66. The fourth-order valence-electron chi connectivity index (χ4n) is 1.66. The largest absolute Gasteiger partial charge is 0.490 e. The third kappa shape index (κ3) is 6.16. The van der Waals surface area contributed by atoms with E-state index in [0.29, 0.717) is 43.4 Å². The van der Waals surface area contributed by atoms with Crippen LogP contribution in [0.15, 0.2) is 18.2 Å². The summed E-state index contributed by atoms with van der Waals surface area (Å²) in [7, 11) is 0. The summed E-state index contributed by atoms with van der Waals surface area (Å²) in [6, 6.07) is 4.83. The van der Waals surface area contributed by atoms with E-state index in [0.717, 1.165) is 0 Å². The van der Waals surface area contributed by atoms with Crippen molar-refractivity contribution in [2.45, 2.75) is 27.2 Å². The van der Waals surface area contributed by atoms with Gasteiger partial charge in [0.25, 0.3) is 0 Å². The van der Waals surface area contributed by atoms with Crippen LogP contribution < -0.4 is 20.1 Å². The van der Waals surface area contributed by atoms with E-state index in [1.807, 2.05) is 13.8 Å². The first-order chi connectivity index (χ1) is 10.1. The zero-order valence-electron chi connectivity index (χ0n) is 12.7. The smallest absolute Gasteiger partial charge is 0.319 e. The minimum absolute atomic E-state index is 0.0370. The van der Waals surface area contributed by atoms with Crippen molar-refractivity contribution in [3.8, 4) is 11.5 Å². The summed E-state index contributed by atoms with van der Waals surface area (Å²) in [5, 5.41) is 5.30. The number of amides is 2. The molecule has 0 heterocycles. The summed E-state index contributed by atoms with van der Waals surface area (Å²) in [4.78, 5) is 22.5. The lowest BCUT2D eigenvalue weighted by Gasteiger charge is -2.13.